The lowest BCUT2D eigenvalue weighted by Gasteiger charge is -2.16. The number of rotatable bonds is 4. The minimum absolute atomic E-state index is 0.111. The van der Waals surface area contributed by atoms with Crippen molar-refractivity contribution in [3.05, 3.63) is 47.7 Å². The molecule has 92 valence electrons. The Morgan fingerprint density at radius 3 is 2.53 bits per heavy atom. The summed E-state index contributed by atoms with van der Waals surface area (Å²) in [6.07, 6.45) is 0.608. The van der Waals surface area contributed by atoms with Crippen LogP contribution < -0.4 is 5.73 Å². The molecular formula is C12H13F2NO2. The first-order valence-corrected chi connectivity index (χ1v) is 5.06. The first-order valence-electron chi connectivity index (χ1n) is 5.06. The molecule has 0 atom stereocenters. The summed E-state index contributed by atoms with van der Waals surface area (Å²) in [5.74, 6) is -4.26. The van der Waals surface area contributed by atoms with Crippen LogP contribution in [0.1, 0.15) is 12.5 Å². The van der Waals surface area contributed by atoms with E-state index >= 15 is 0 Å². The summed E-state index contributed by atoms with van der Waals surface area (Å²) < 4.78 is 32.0. The number of benzene rings is 1. The van der Waals surface area contributed by atoms with Gasteiger partial charge in [0, 0.05) is 11.6 Å². The van der Waals surface area contributed by atoms with E-state index in [2.05, 4.69) is 4.74 Å². The monoisotopic (exact) mass is 241 g/mol. The largest absolute Gasteiger partial charge is 0.463 e. The van der Waals surface area contributed by atoms with Gasteiger partial charge in [0.05, 0.1) is 12.3 Å². The van der Waals surface area contributed by atoms with Gasteiger partial charge in [0.2, 0.25) is 0 Å². The molecule has 1 rings (SSSR count). The smallest absolute Gasteiger partial charge is 0.332 e. The van der Waals surface area contributed by atoms with E-state index in [1.165, 1.54) is 24.3 Å². The van der Waals surface area contributed by atoms with E-state index in [-0.39, 0.29) is 12.2 Å². The van der Waals surface area contributed by atoms with Gasteiger partial charge in [-0.3, -0.25) is 0 Å². The highest BCUT2D eigenvalue weighted by Crippen LogP contribution is 2.32. The van der Waals surface area contributed by atoms with Crippen molar-refractivity contribution >= 4 is 5.97 Å². The molecule has 17 heavy (non-hydrogen) atoms. The third-order valence-corrected chi connectivity index (χ3v) is 2.06. The molecule has 1 aromatic rings. The Bertz CT molecular complexity index is 416. The van der Waals surface area contributed by atoms with Crippen molar-refractivity contribution in [2.45, 2.75) is 12.8 Å². The Kier molecular flexibility index (Phi) is 4.20. The van der Waals surface area contributed by atoms with Gasteiger partial charge in [0.15, 0.2) is 0 Å². The van der Waals surface area contributed by atoms with Crippen LogP contribution in [0.4, 0.5) is 8.78 Å². The van der Waals surface area contributed by atoms with E-state index in [9.17, 15) is 13.6 Å². The summed E-state index contributed by atoms with van der Waals surface area (Å²) >= 11 is 0. The van der Waals surface area contributed by atoms with Crippen molar-refractivity contribution in [3.63, 3.8) is 0 Å². The van der Waals surface area contributed by atoms with E-state index in [0.717, 1.165) is 0 Å². The Morgan fingerprint density at radius 1 is 1.41 bits per heavy atom. The molecule has 0 fully saturated rings. The van der Waals surface area contributed by atoms with Crippen LogP contribution in [0.5, 0.6) is 0 Å². The van der Waals surface area contributed by atoms with Crippen LogP contribution in [0.2, 0.25) is 0 Å². The summed E-state index contributed by atoms with van der Waals surface area (Å²) in [6.45, 7) is 1.69. The molecule has 2 N–H and O–H groups in total. The van der Waals surface area contributed by atoms with Crippen LogP contribution in [0.3, 0.4) is 0 Å². The number of ether oxygens (including phenoxy) is 1. The molecule has 0 heterocycles. The highest BCUT2D eigenvalue weighted by atomic mass is 19.3. The maximum Gasteiger partial charge on any atom is 0.332 e. The van der Waals surface area contributed by atoms with E-state index < -0.39 is 17.6 Å². The summed E-state index contributed by atoms with van der Waals surface area (Å²) in [5, 5.41) is 0. The predicted octanol–water partition coefficient (Wildman–Crippen LogP) is 2.18. The molecular weight excluding hydrogens is 228 g/mol. The van der Waals surface area contributed by atoms with Crippen LogP contribution in [0, 0.1) is 0 Å². The van der Waals surface area contributed by atoms with Crippen molar-refractivity contribution in [1.29, 1.82) is 0 Å². The topological polar surface area (TPSA) is 52.3 Å². The third kappa shape index (κ3) is 3.27. The third-order valence-electron chi connectivity index (χ3n) is 2.06. The lowest BCUT2D eigenvalue weighted by atomic mass is 10.1. The molecule has 0 aromatic heterocycles. The minimum Gasteiger partial charge on any atom is -0.463 e. The number of nitrogens with two attached hydrogens (primary N) is 1. The lowest BCUT2D eigenvalue weighted by molar-refractivity contribution is -0.137. The van der Waals surface area contributed by atoms with Gasteiger partial charge in [-0.05, 0) is 6.92 Å². The number of halogens is 2. The van der Waals surface area contributed by atoms with Gasteiger partial charge in [-0.15, -0.1) is 0 Å². The Balaban J connectivity index is 2.94. The zero-order valence-corrected chi connectivity index (χ0v) is 9.32. The zero-order chi connectivity index (χ0) is 12.9. The number of esters is 1. The van der Waals surface area contributed by atoms with Crippen molar-refractivity contribution < 1.29 is 18.3 Å². The molecule has 0 aliphatic rings. The maximum atomic E-state index is 13.7. The molecule has 0 aliphatic heterocycles. The number of alkyl halides is 2. The van der Waals surface area contributed by atoms with Crippen LogP contribution in [0.25, 0.3) is 0 Å². The van der Waals surface area contributed by atoms with E-state index in [0.29, 0.717) is 6.08 Å². The second-order valence-corrected chi connectivity index (χ2v) is 3.29. The van der Waals surface area contributed by atoms with E-state index in [1.807, 2.05) is 0 Å². The molecule has 3 nitrogen and oxygen atoms in total. The summed E-state index contributed by atoms with van der Waals surface area (Å²) in [5.41, 5.74) is 4.13. The van der Waals surface area contributed by atoms with Crippen LogP contribution >= 0.6 is 0 Å². The molecule has 0 radical (unpaired) electrons. The maximum absolute atomic E-state index is 13.7. The molecule has 0 saturated heterocycles. The van der Waals surface area contributed by atoms with Gasteiger partial charge >= 0.3 is 11.9 Å². The predicted molar refractivity (Wildman–Crippen MR) is 59.2 cm³/mol. The van der Waals surface area contributed by atoms with Crippen LogP contribution in [-0.2, 0) is 15.5 Å². The van der Waals surface area contributed by atoms with Crippen LogP contribution in [-0.4, -0.2) is 12.6 Å². The Morgan fingerprint density at radius 2 is 2.00 bits per heavy atom. The molecule has 0 spiro atoms. The standard InChI is InChI=1S/C12H13F2NO2/c1-2-17-11(16)8-10(15)12(13,14)9-6-4-3-5-7-9/h3-8H,2,15H2,1H3/b10-8-. The first-order chi connectivity index (χ1) is 7.98. The highest BCUT2D eigenvalue weighted by molar-refractivity contribution is 5.83. The van der Waals surface area contributed by atoms with Crippen molar-refractivity contribution in [3.8, 4) is 0 Å². The average Bonchev–Trinajstić information content (AvgIpc) is 2.30. The quantitative estimate of drug-likeness (QED) is 0.649. The number of hydrogen-bond donors (Lipinski definition) is 1. The molecule has 5 heteroatoms. The molecule has 0 saturated carbocycles. The fourth-order valence-electron chi connectivity index (χ4n) is 1.22. The fourth-order valence-corrected chi connectivity index (χ4v) is 1.22. The minimum atomic E-state index is -3.38. The van der Waals surface area contributed by atoms with Gasteiger partial charge in [0.25, 0.3) is 0 Å². The van der Waals surface area contributed by atoms with Crippen molar-refractivity contribution in [1.82, 2.24) is 0 Å². The van der Waals surface area contributed by atoms with Gasteiger partial charge < -0.3 is 10.5 Å². The Labute approximate surface area is 97.9 Å². The van der Waals surface area contributed by atoms with Crippen molar-refractivity contribution in [2.75, 3.05) is 6.61 Å². The van der Waals surface area contributed by atoms with Crippen LogP contribution in [0.15, 0.2) is 42.1 Å². The highest BCUT2D eigenvalue weighted by Gasteiger charge is 2.35. The normalized spacial score (nSPS) is 12.3. The molecule has 0 aliphatic carbocycles. The summed E-state index contributed by atoms with van der Waals surface area (Å²) in [7, 11) is 0. The fraction of sp³-hybridized carbons (Fsp3) is 0.250. The first kappa shape index (κ1) is 13.2. The van der Waals surface area contributed by atoms with Gasteiger partial charge in [0.1, 0.15) is 0 Å². The Hall–Kier alpha value is -1.91. The number of carbonyl (C=O) groups excluding carboxylic acids is 1. The average molecular weight is 241 g/mol. The van der Waals surface area contributed by atoms with Gasteiger partial charge in [-0.1, -0.05) is 30.3 Å². The lowest BCUT2D eigenvalue weighted by Crippen LogP contribution is -2.24. The zero-order valence-electron chi connectivity index (χ0n) is 9.32. The summed E-state index contributed by atoms with van der Waals surface area (Å²) in [4.78, 5) is 11.0. The molecule has 0 unspecified atom stereocenters. The second-order valence-electron chi connectivity index (χ2n) is 3.29. The van der Waals surface area contributed by atoms with E-state index in [1.54, 1.807) is 13.0 Å². The second kappa shape index (κ2) is 5.43. The van der Waals surface area contributed by atoms with Gasteiger partial charge in [-0.25, -0.2) is 4.79 Å². The number of hydrogen-bond acceptors (Lipinski definition) is 3. The molecule has 0 amide bonds. The number of allylic oxidation sites excluding steroid dienone is 1. The number of carbonyl (C=O) groups is 1. The molecule has 1 aromatic carbocycles. The molecule has 0 bridgehead atoms. The van der Waals surface area contributed by atoms with Crippen molar-refractivity contribution in [2.24, 2.45) is 5.73 Å². The van der Waals surface area contributed by atoms with E-state index in [4.69, 9.17) is 5.73 Å². The SMILES string of the molecule is CCOC(=O)/C=C(\N)C(F)(F)c1ccccc1. The van der Waals surface area contributed by atoms with Gasteiger partial charge in [-0.2, -0.15) is 8.78 Å². The summed E-state index contributed by atoms with van der Waals surface area (Å²) in [6, 6.07) is 7.05.